The molecule has 0 fully saturated rings. The van der Waals surface area contributed by atoms with Gasteiger partial charge in [0.25, 0.3) is 5.69 Å². The number of nitro groups is 1. The molecule has 0 radical (unpaired) electrons. The molecule has 0 unspecified atom stereocenters. The predicted molar refractivity (Wildman–Crippen MR) is 63.9 cm³/mol. The fraction of sp³-hybridized carbons (Fsp3) is 0.300. The number of hydrogen-bond donors (Lipinski definition) is 0. The second kappa shape index (κ2) is 5.84. The van der Waals surface area contributed by atoms with Gasteiger partial charge in [0.05, 0.1) is 15.0 Å². The molecule has 0 bridgehead atoms. The third-order valence-corrected chi connectivity index (χ3v) is 2.53. The number of carbonyl (C=O) groups is 1. The summed E-state index contributed by atoms with van der Waals surface area (Å²) in [5.41, 5.74) is -0.228. The fourth-order valence-corrected chi connectivity index (χ4v) is 1.63. The lowest BCUT2D eigenvalue weighted by Gasteiger charge is -2.08. The van der Waals surface area contributed by atoms with E-state index in [1.165, 1.54) is 0 Å². The summed E-state index contributed by atoms with van der Waals surface area (Å²) in [7, 11) is 0. The van der Waals surface area contributed by atoms with Crippen LogP contribution in [-0.4, -0.2) is 17.3 Å². The summed E-state index contributed by atoms with van der Waals surface area (Å²) in [6.07, 6.45) is 0.336. The Morgan fingerprint density at radius 3 is 2.35 bits per heavy atom. The van der Waals surface area contributed by atoms with E-state index in [0.717, 1.165) is 12.1 Å². The Morgan fingerprint density at radius 1 is 1.41 bits per heavy atom. The summed E-state index contributed by atoms with van der Waals surface area (Å²) in [4.78, 5) is 21.0. The third kappa shape index (κ3) is 3.57. The smallest absolute Gasteiger partial charge is 0.272 e. The van der Waals surface area contributed by atoms with Gasteiger partial charge in [-0.3, -0.25) is 14.9 Å². The van der Waals surface area contributed by atoms with Gasteiger partial charge in [-0.25, -0.2) is 0 Å². The Hall–Kier alpha value is -1.33. The molecule has 0 atom stereocenters. The summed E-state index contributed by atoms with van der Waals surface area (Å²) in [6.45, 7) is 1.54. The molecule has 17 heavy (non-hydrogen) atoms. The van der Waals surface area contributed by atoms with Crippen LogP contribution in [0, 0.1) is 10.1 Å². The van der Waals surface area contributed by atoms with Crippen LogP contribution in [0.15, 0.2) is 12.1 Å². The largest absolute Gasteiger partial charge is 0.483 e. The summed E-state index contributed by atoms with van der Waals surface area (Å²) in [5.74, 6) is -0.0313. The number of ether oxygens (including phenoxy) is 1. The van der Waals surface area contributed by atoms with E-state index >= 15 is 0 Å². The molecule has 1 aromatic carbocycles. The van der Waals surface area contributed by atoms with Crippen LogP contribution in [0.25, 0.3) is 0 Å². The van der Waals surface area contributed by atoms with Gasteiger partial charge in [-0.1, -0.05) is 30.1 Å². The number of halogens is 2. The number of ketones is 1. The van der Waals surface area contributed by atoms with Gasteiger partial charge in [-0.2, -0.15) is 0 Å². The Morgan fingerprint density at radius 2 is 1.94 bits per heavy atom. The van der Waals surface area contributed by atoms with Crippen LogP contribution in [-0.2, 0) is 4.79 Å². The van der Waals surface area contributed by atoms with Crippen molar-refractivity contribution in [1.82, 2.24) is 0 Å². The van der Waals surface area contributed by atoms with Crippen LogP contribution in [0.2, 0.25) is 10.0 Å². The average molecular weight is 278 g/mol. The van der Waals surface area contributed by atoms with Crippen LogP contribution in [0.4, 0.5) is 5.69 Å². The molecule has 0 N–H and O–H groups in total. The highest BCUT2D eigenvalue weighted by Gasteiger charge is 2.16. The number of non-ortho nitro benzene ring substituents is 1. The van der Waals surface area contributed by atoms with Crippen molar-refractivity contribution in [3.63, 3.8) is 0 Å². The molecule has 7 heteroatoms. The Balaban J connectivity index is 2.94. The molecule has 92 valence electrons. The maximum atomic E-state index is 11.1. The Kier molecular flexibility index (Phi) is 4.72. The topological polar surface area (TPSA) is 69.4 Å². The zero-order chi connectivity index (χ0) is 13.0. The van der Waals surface area contributed by atoms with Gasteiger partial charge in [0.15, 0.2) is 11.5 Å². The van der Waals surface area contributed by atoms with Crippen molar-refractivity contribution in [1.29, 1.82) is 0 Å². The molecule has 0 aliphatic heterocycles. The number of nitro benzene ring substituents is 1. The fourth-order valence-electron chi connectivity index (χ4n) is 1.04. The zero-order valence-corrected chi connectivity index (χ0v) is 10.4. The minimum atomic E-state index is -0.612. The third-order valence-electron chi connectivity index (χ3n) is 1.97. The highest BCUT2D eigenvalue weighted by atomic mass is 35.5. The van der Waals surface area contributed by atoms with Gasteiger partial charge in [0, 0.05) is 18.6 Å². The minimum Gasteiger partial charge on any atom is -0.483 e. The molecule has 0 heterocycles. The van der Waals surface area contributed by atoms with Crippen LogP contribution in [0.5, 0.6) is 5.75 Å². The molecule has 0 amide bonds. The number of benzene rings is 1. The Labute approximate surface area is 107 Å². The van der Waals surface area contributed by atoms with Crippen molar-refractivity contribution in [2.75, 3.05) is 6.61 Å². The van der Waals surface area contributed by atoms with Crippen LogP contribution in [0.3, 0.4) is 0 Å². The van der Waals surface area contributed by atoms with Gasteiger partial charge >= 0.3 is 0 Å². The highest BCUT2D eigenvalue weighted by Crippen LogP contribution is 2.36. The molecule has 0 aliphatic carbocycles. The molecule has 0 aromatic heterocycles. The van der Waals surface area contributed by atoms with Gasteiger partial charge in [-0.05, 0) is 0 Å². The van der Waals surface area contributed by atoms with Crippen LogP contribution in [0.1, 0.15) is 13.3 Å². The van der Waals surface area contributed by atoms with Crippen molar-refractivity contribution in [3.8, 4) is 5.75 Å². The van der Waals surface area contributed by atoms with Crippen LogP contribution >= 0.6 is 23.2 Å². The molecular weight excluding hydrogens is 269 g/mol. The lowest BCUT2D eigenvalue weighted by atomic mass is 10.3. The summed E-state index contributed by atoms with van der Waals surface area (Å²) in [5, 5.41) is 10.5. The minimum absolute atomic E-state index is 0.00750. The van der Waals surface area contributed by atoms with E-state index in [1.807, 2.05) is 0 Å². The van der Waals surface area contributed by atoms with Crippen molar-refractivity contribution in [2.24, 2.45) is 0 Å². The Bertz CT molecular complexity index is 439. The van der Waals surface area contributed by atoms with Gasteiger partial charge in [0.2, 0.25) is 0 Å². The van der Waals surface area contributed by atoms with E-state index in [2.05, 4.69) is 0 Å². The predicted octanol–water partition coefficient (Wildman–Crippen LogP) is 3.26. The lowest BCUT2D eigenvalue weighted by molar-refractivity contribution is -0.384. The van der Waals surface area contributed by atoms with Crippen LogP contribution < -0.4 is 4.74 Å². The summed E-state index contributed by atoms with van der Waals surface area (Å²) < 4.78 is 5.12. The van der Waals surface area contributed by atoms with E-state index in [0.29, 0.717) is 6.42 Å². The second-order valence-corrected chi connectivity index (χ2v) is 3.99. The summed E-state index contributed by atoms with van der Waals surface area (Å²) in [6, 6.07) is 2.25. The molecule has 1 aromatic rings. The van der Waals surface area contributed by atoms with Crippen molar-refractivity contribution < 1.29 is 14.5 Å². The number of hydrogen-bond acceptors (Lipinski definition) is 4. The maximum Gasteiger partial charge on any atom is 0.272 e. The van der Waals surface area contributed by atoms with E-state index in [1.54, 1.807) is 6.92 Å². The number of rotatable bonds is 5. The first-order chi connectivity index (χ1) is 7.95. The first kappa shape index (κ1) is 13.7. The molecule has 0 spiro atoms. The molecular formula is C10H9Cl2NO4. The molecule has 5 nitrogen and oxygen atoms in total. The first-order valence-corrected chi connectivity index (χ1v) is 5.49. The van der Waals surface area contributed by atoms with Gasteiger partial charge in [0.1, 0.15) is 6.61 Å². The molecule has 0 aliphatic rings. The highest BCUT2D eigenvalue weighted by molar-refractivity contribution is 6.37. The number of carbonyl (C=O) groups excluding carboxylic acids is 1. The zero-order valence-electron chi connectivity index (χ0n) is 8.91. The standard InChI is InChI=1S/C10H9Cl2NO4/c1-2-7(14)5-17-10-8(11)3-6(13(15)16)4-9(10)12/h3-4H,2,5H2,1H3. The van der Waals surface area contributed by atoms with E-state index in [9.17, 15) is 14.9 Å². The van der Waals surface area contributed by atoms with Gasteiger partial charge in [-0.15, -0.1) is 0 Å². The molecule has 0 saturated carbocycles. The SMILES string of the molecule is CCC(=O)COc1c(Cl)cc([N+](=O)[O-])cc1Cl. The quantitative estimate of drug-likeness (QED) is 0.612. The van der Waals surface area contributed by atoms with Crippen molar-refractivity contribution >= 4 is 34.7 Å². The van der Waals surface area contributed by atoms with Gasteiger partial charge < -0.3 is 4.74 Å². The lowest BCUT2D eigenvalue weighted by Crippen LogP contribution is -2.10. The normalized spacial score (nSPS) is 10.1. The first-order valence-electron chi connectivity index (χ1n) is 4.73. The number of nitrogens with zero attached hydrogens (tertiary/aromatic N) is 1. The van der Waals surface area contributed by atoms with E-state index in [4.69, 9.17) is 27.9 Å². The summed E-state index contributed by atoms with van der Waals surface area (Å²) >= 11 is 11.6. The van der Waals surface area contributed by atoms with Crippen molar-refractivity contribution in [3.05, 3.63) is 32.3 Å². The monoisotopic (exact) mass is 277 g/mol. The van der Waals surface area contributed by atoms with Crippen molar-refractivity contribution in [2.45, 2.75) is 13.3 Å². The maximum absolute atomic E-state index is 11.1. The average Bonchev–Trinajstić information content (AvgIpc) is 2.27. The number of Topliss-reactive ketones (excluding diaryl/α,β-unsaturated/α-hetero) is 1. The van der Waals surface area contributed by atoms with E-state index < -0.39 is 4.92 Å². The van der Waals surface area contributed by atoms with E-state index in [-0.39, 0.29) is 33.9 Å². The second-order valence-electron chi connectivity index (χ2n) is 3.18. The molecule has 0 saturated heterocycles. The molecule has 1 rings (SSSR count).